The van der Waals surface area contributed by atoms with Gasteiger partial charge >= 0.3 is 11.7 Å². The van der Waals surface area contributed by atoms with Crippen molar-refractivity contribution in [1.29, 1.82) is 0 Å². The molecule has 0 aliphatic rings. The molecule has 1 heterocycles. The van der Waals surface area contributed by atoms with Crippen LogP contribution in [0.5, 0.6) is 0 Å². The van der Waals surface area contributed by atoms with Crippen LogP contribution in [0.4, 0.5) is 0 Å². The maximum absolute atomic E-state index is 11.7. The summed E-state index contributed by atoms with van der Waals surface area (Å²) in [4.78, 5) is 23.3. The Balaban J connectivity index is 2.51. The first kappa shape index (κ1) is 11.4. The van der Waals surface area contributed by atoms with Gasteiger partial charge in [-0.1, -0.05) is 12.1 Å². The summed E-state index contributed by atoms with van der Waals surface area (Å²) in [7, 11) is 0. The topological polar surface area (TPSA) is 61.4 Å². The molecule has 17 heavy (non-hydrogen) atoms. The summed E-state index contributed by atoms with van der Waals surface area (Å²) in [6.07, 6.45) is 0. The van der Waals surface area contributed by atoms with Gasteiger partial charge in [0.1, 0.15) is 6.04 Å². The van der Waals surface area contributed by atoms with Crippen molar-refractivity contribution in [3.8, 4) is 0 Å². The van der Waals surface area contributed by atoms with Crippen molar-refractivity contribution in [3.05, 3.63) is 34.8 Å². The van der Waals surface area contributed by atoms with Gasteiger partial charge in [0.2, 0.25) is 0 Å². The number of ether oxygens (including phenoxy) is 1. The highest BCUT2D eigenvalue weighted by molar-refractivity contribution is 5.79. The van der Waals surface area contributed by atoms with Gasteiger partial charge in [-0.3, -0.25) is 4.57 Å². The number of nitrogens with zero attached hydrogens (tertiary/aromatic N) is 1. The Labute approximate surface area is 97.6 Å². The Morgan fingerprint density at radius 2 is 2.18 bits per heavy atom. The summed E-state index contributed by atoms with van der Waals surface area (Å²) < 4.78 is 11.2. The molecule has 0 bridgehead atoms. The van der Waals surface area contributed by atoms with Crippen LogP contribution in [-0.4, -0.2) is 17.1 Å². The average molecular weight is 235 g/mol. The van der Waals surface area contributed by atoms with Crippen LogP contribution in [0.15, 0.2) is 33.5 Å². The summed E-state index contributed by atoms with van der Waals surface area (Å²) >= 11 is 0. The summed E-state index contributed by atoms with van der Waals surface area (Å²) in [5.74, 6) is -0.993. The number of benzene rings is 1. The van der Waals surface area contributed by atoms with Gasteiger partial charge in [-0.2, -0.15) is 0 Å². The van der Waals surface area contributed by atoms with E-state index in [2.05, 4.69) is 0 Å². The maximum Gasteiger partial charge on any atom is 0.420 e. The molecule has 1 atom stereocenters. The number of oxazole rings is 1. The molecule has 0 saturated heterocycles. The van der Waals surface area contributed by atoms with E-state index in [1.807, 2.05) is 0 Å². The second-order valence-electron chi connectivity index (χ2n) is 3.63. The van der Waals surface area contributed by atoms with Crippen LogP contribution in [0.1, 0.15) is 19.9 Å². The molecule has 0 spiro atoms. The summed E-state index contributed by atoms with van der Waals surface area (Å²) in [6.45, 7) is 3.62. The molecule has 5 nitrogen and oxygen atoms in total. The number of carbonyl (C=O) groups excluding carboxylic acids is 1. The zero-order valence-corrected chi connectivity index (χ0v) is 9.67. The van der Waals surface area contributed by atoms with Crippen molar-refractivity contribution in [2.75, 3.05) is 6.61 Å². The minimum absolute atomic E-state index is 0.285. The van der Waals surface area contributed by atoms with Crippen molar-refractivity contribution >= 4 is 17.1 Å². The monoisotopic (exact) mass is 235 g/mol. The van der Waals surface area contributed by atoms with Crippen molar-refractivity contribution in [2.24, 2.45) is 0 Å². The van der Waals surface area contributed by atoms with E-state index in [-0.39, 0.29) is 6.61 Å². The first-order valence-corrected chi connectivity index (χ1v) is 5.42. The van der Waals surface area contributed by atoms with E-state index in [0.29, 0.717) is 11.1 Å². The molecule has 2 rings (SSSR count). The normalized spacial score (nSPS) is 12.6. The van der Waals surface area contributed by atoms with Crippen LogP contribution >= 0.6 is 0 Å². The van der Waals surface area contributed by atoms with E-state index in [0.717, 1.165) is 0 Å². The summed E-state index contributed by atoms with van der Waals surface area (Å²) in [6, 6.07) is 6.28. The van der Waals surface area contributed by atoms with Crippen LogP contribution in [0.2, 0.25) is 0 Å². The molecule has 1 aromatic heterocycles. The number of esters is 1. The molecule has 90 valence electrons. The molecule has 1 aromatic carbocycles. The molecule has 2 aromatic rings. The van der Waals surface area contributed by atoms with E-state index in [9.17, 15) is 9.59 Å². The fourth-order valence-electron chi connectivity index (χ4n) is 1.72. The minimum Gasteiger partial charge on any atom is -0.464 e. The zero-order chi connectivity index (χ0) is 12.4. The van der Waals surface area contributed by atoms with Crippen LogP contribution in [0.3, 0.4) is 0 Å². The van der Waals surface area contributed by atoms with E-state index in [4.69, 9.17) is 9.15 Å². The lowest BCUT2D eigenvalue weighted by molar-refractivity contribution is -0.146. The summed E-state index contributed by atoms with van der Waals surface area (Å²) in [5, 5.41) is 0. The average Bonchev–Trinajstić information content (AvgIpc) is 2.64. The van der Waals surface area contributed by atoms with Gasteiger partial charge in [0, 0.05) is 0 Å². The van der Waals surface area contributed by atoms with Gasteiger partial charge in [0.25, 0.3) is 0 Å². The summed E-state index contributed by atoms with van der Waals surface area (Å²) in [5.41, 5.74) is 1.06. The van der Waals surface area contributed by atoms with Gasteiger partial charge < -0.3 is 9.15 Å². The van der Waals surface area contributed by atoms with Crippen LogP contribution < -0.4 is 5.76 Å². The predicted octanol–water partition coefficient (Wildman–Crippen LogP) is 1.72. The number of hydrogen-bond acceptors (Lipinski definition) is 4. The molecule has 0 amide bonds. The lowest BCUT2D eigenvalue weighted by Crippen LogP contribution is -2.26. The molecule has 0 saturated carbocycles. The van der Waals surface area contributed by atoms with Crippen molar-refractivity contribution < 1.29 is 13.9 Å². The zero-order valence-electron chi connectivity index (χ0n) is 9.67. The highest BCUT2D eigenvalue weighted by Crippen LogP contribution is 2.17. The highest BCUT2D eigenvalue weighted by Gasteiger charge is 2.21. The number of para-hydroxylation sites is 2. The lowest BCUT2D eigenvalue weighted by atomic mass is 10.3. The van der Waals surface area contributed by atoms with Gasteiger partial charge in [-0.15, -0.1) is 0 Å². The number of rotatable bonds is 3. The molecule has 1 unspecified atom stereocenters. The van der Waals surface area contributed by atoms with E-state index in [1.165, 1.54) is 4.57 Å². The number of carbonyl (C=O) groups is 1. The molecular formula is C12H13NO4. The molecule has 0 fully saturated rings. The van der Waals surface area contributed by atoms with Crippen LogP contribution in [0.25, 0.3) is 11.1 Å². The standard InChI is InChI=1S/C12H13NO4/c1-3-16-11(14)8(2)13-9-6-4-5-7-10(9)17-12(13)15/h4-8H,3H2,1-2H3. The van der Waals surface area contributed by atoms with Gasteiger partial charge in [0.05, 0.1) is 12.1 Å². The third-order valence-corrected chi connectivity index (χ3v) is 2.53. The molecule has 0 N–H and O–H groups in total. The van der Waals surface area contributed by atoms with E-state index in [1.54, 1.807) is 38.1 Å². The van der Waals surface area contributed by atoms with Crippen LogP contribution in [-0.2, 0) is 9.53 Å². The Morgan fingerprint density at radius 1 is 1.47 bits per heavy atom. The molecule has 0 aliphatic heterocycles. The molecular weight excluding hydrogens is 222 g/mol. The largest absolute Gasteiger partial charge is 0.464 e. The minimum atomic E-state index is -0.689. The quantitative estimate of drug-likeness (QED) is 0.760. The van der Waals surface area contributed by atoms with Crippen molar-refractivity contribution in [2.45, 2.75) is 19.9 Å². The number of hydrogen-bond donors (Lipinski definition) is 0. The molecule has 0 radical (unpaired) electrons. The van der Waals surface area contributed by atoms with Crippen LogP contribution in [0, 0.1) is 0 Å². The fraction of sp³-hybridized carbons (Fsp3) is 0.333. The number of fused-ring (bicyclic) bond motifs is 1. The SMILES string of the molecule is CCOC(=O)C(C)n1c(=O)oc2ccccc21. The van der Waals surface area contributed by atoms with E-state index >= 15 is 0 Å². The predicted molar refractivity (Wildman–Crippen MR) is 61.8 cm³/mol. The fourth-order valence-corrected chi connectivity index (χ4v) is 1.72. The first-order chi connectivity index (χ1) is 8.15. The molecule has 0 aliphatic carbocycles. The van der Waals surface area contributed by atoms with Crippen molar-refractivity contribution in [3.63, 3.8) is 0 Å². The number of aromatic nitrogens is 1. The van der Waals surface area contributed by atoms with E-state index < -0.39 is 17.8 Å². The maximum atomic E-state index is 11.7. The second-order valence-corrected chi connectivity index (χ2v) is 3.63. The Bertz CT molecular complexity index is 596. The Hall–Kier alpha value is -2.04. The smallest absolute Gasteiger partial charge is 0.420 e. The third-order valence-electron chi connectivity index (χ3n) is 2.53. The first-order valence-electron chi connectivity index (χ1n) is 5.42. The lowest BCUT2D eigenvalue weighted by Gasteiger charge is -2.10. The Kier molecular flexibility index (Phi) is 2.99. The molecule has 5 heteroatoms. The van der Waals surface area contributed by atoms with Gasteiger partial charge in [-0.25, -0.2) is 9.59 Å². The Morgan fingerprint density at radius 3 is 2.88 bits per heavy atom. The third kappa shape index (κ3) is 1.95. The van der Waals surface area contributed by atoms with Gasteiger partial charge in [-0.05, 0) is 26.0 Å². The highest BCUT2D eigenvalue weighted by atomic mass is 16.5. The van der Waals surface area contributed by atoms with Crippen molar-refractivity contribution in [1.82, 2.24) is 4.57 Å². The van der Waals surface area contributed by atoms with Gasteiger partial charge in [0.15, 0.2) is 5.58 Å². The second kappa shape index (κ2) is 4.45.